The lowest BCUT2D eigenvalue weighted by molar-refractivity contribution is -0.146. The highest BCUT2D eigenvalue weighted by Crippen LogP contribution is 2.24. The van der Waals surface area contributed by atoms with E-state index in [-0.39, 0.29) is 56.0 Å². The van der Waals surface area contributed by atoms with Crippen molar-refractivity contribution in [3.63, 3.8) is 0 Å². The molecule has 9 atom stereocenters. The highest BCUT2D eigenvalue weighted by molar-refractivity contribution is 5.89. The number of alkyl halides is 2. The number of likely N-dealkylation sites (N-methyl/N-ethyl adjacent to an activating group) is 1. The maximum Gasteiger partial charge on any atom is 0.315 e. The van der Waals surface area contributed by atoms with Gasteiger partial charge in [0.2, 0.25) is 23.6 Å². The minimum atomic E-state index is -3.18. The van der Waals surface area contributed by atoms with Crippen LogP contribution in [0.4, 0.5) is 8.78 Å². The first-order chi connectivity index (χ1) is 34.1. The molecular weight excluding hydrogens is 913 g/mol. The largest absolute Gasteiger partial charge is 0.377 e. The monoisotopic (exact) mass is 990 g/mol. The van der Waals surface area contributed by atoms with E-state index in [4.69, 9.17) is 9.47 Å². The van der Waals surface area contributed by atoms with Crippen LogP contribution in [0.2, 0.25) is 0 Å². The van der Waals surface area contributed by atoms with Gasteiger partial charge in [-0.2, -0.15) is 8.78 Å². The Labute approximate surface area is 420 Å². The van der Waals surface area contributed by atoms with Gasteiger partial charge in [0.05, 0.1) is 12.2 Å². The lowest BCUT2D eigenvalue weighted by Gasteiger charge is -2.36. The fourth-order valence-electron chi connectivity index (χ4n) is 8.79. The molecule has 2 heterocycles. The molecule has 2 aromatic carbocycles. The molecule has 390 valence electrons. The van der Waals surface area contributed by atoms with Crippen LogP contribution in [-0.2, 0) is 46.3 Å². The molecule has 2 aliphatic heterocycles. The summed E-state index contributed by atoms with van der Waals surface area (Å²) < 4.78 is 39.6. The molecule has 2 aromatic rings. The predicted molar refractivity (Wildman–Crippen MR) is 268 cm³/mol. The summed E-state index contributed by atoms with van der Waals surface area (Å²) in [5.74, 6) is 8.49. The summed E-state index contributed by atoms with van der Waals surface area (Å²) in [7, 11) is 1.67. The normalized spacial score (nSPS) is 18.5. The number of amides is 5. The van der Waals surface area contributed by atoms with Crippen LogP contribution in [0, 0.1) is 29.6 Å². The lowest BCUT2D eigenvalue weighted by Crippen LogP contribution is -2.60. The van der Waals surface area contributed by atoms with Crippen molar-refractivity contribution in [3.8, 4) is 23.7 Å². The molecule has 0 bridgehead atoms. The molecule has 0 radical (unpaired) electrons. The molecule has 5 amide bonds. The van der Waals surface area contributed by atoms with Gasteiger partial charge in [0.15, 0.2) is 0 Å². The van der Waals surface area contributed by atoms with Crippen molar-refractivity contribution in [2.24, 2.45) is 5.92 Å². The molecule has 4 rings (SSSR count). The Bertz CT molecular complexity index is 2120. The second kappa shape index (κ2) is 30.5. The van der Waals surface area contributed by atoms with Crippen LogP contribution < -0.4 is 16.0 Å². The number of halogens is 2. The molecular formula is C54H77F2N7O8. The van der Waals surface area contributed by atoms with E-state index in [1.807, 2.05) is 67.6 Å². The Kier molecular flexibility index (Phi) is 24.9. The van der Waals surface area contributed by atoms with Crippen LogP contribution in [0.1, 0.15) is 91.2 Å². The fraction of sp³-hybridized carbons (Fsp3) is 0.611. The second-order valence-electron chi connectivity index (χ2n) is 18.6. The Balaban J connectivity index is 1.37. The first-order valence-corrected chi connectivity index (χ1v) is 25.2. The SMILES string of the molecule is CC[C@@H](C)C(=O)N[C@H](C(=O)N1CCC[C@H]1CN(CCc1ccccc1)C(C)=O)[C@@H](C)OCC#CC#CCO[C@H](C)[C@H](N[C@@H](O)[C@H](C)NC)C(=O)N1CCC[C@H]1CN(CCCc1ccccc1)C(=O)C(F)F. The van der Waals surface area contributed by atoms with Crippen molar-refractivity contribution in [1.29, 1.82) is 0 Å². The first-order valence-electron chi connectivity index (χ1n) is 25.2. The molecule has 71 heavy (non-hydrogen) atoms. The third kappa shape index (κ3) is 18.6. The number of aliphatic hydroxyl groups excluding tert-OH is 1. The number of carbonyl (C=O) groups excluding carboxylic acids is 5. The molecule has 0 aromatic heterocycles. The van der Waals surface area contributed by atoms with Crippen LogP contribution in [-0.4, -0.2) is 169 Å². The van der Waals surface area contributed by atoms with Gasteiger partial charge in [0, 0.05) is 70.2 Å². The maximum atomic E-state index is 14.3. The number of hydrogen-bond donors (Lipinski definition) is 4. The number of nitrogens with zero attached hydrogens (tertiary/aromatic N) is 4. The maximum absolute atomic E-state index is 14.3. The summed E-state index contributed by atoms with van der Waals surface area (Å²) in [5, 5.41) is 19.8. The number of aliphatic hydroxyl groups is 1. The number of nitrogens with one attached hydrogen (secondary N) is 3. The summed E-state index contributed by atoms with van der Waals surface area (Å²) in [4.78, 5) is 73.4. The van der Waals surface area contributed by atoms with Crippen LogP contribution in [0.25, 0.3) is 0 Å². The fourth-order valence-corrected chi connectivity index (χ4v) is 8.79. The average molecular weight is 990 g/mol. The van der Waals surface area contributed by atoms with Crippen LogP contribution in [0.15, 0.2) is 60.7 Å². The third-order valence-electron chi connectivity index (χ3n) is 13.6. The number of hydrogen-bond acceptors (Lipinski definition) is 10. The molecule has 17 heteroatoms. The number of benzene rings is 2. The van der Waals surface area contributed by atoms with Crippen LogP contribution in [0.3, 0.4) is 0 Å². The van der Waals surface area contributed by atoms with Crippen molar-refractivity contribution in [1.82, 2.24) is 35.6 Å². The van der Waals surface area contributed by atoms with Gasteiger partial charge in [-0.25, -0.2) is 0 Å². The van der Waals surface area contributed by atoms with E-state index >= 15 is 0 Å². The quantitative estimate of drug-likeness (QED) is 0.0758. The molecule has 4 N–H and O–H groups in total. The average Bonchev–Trinajstić information content (AvgIpc) is 4.05. The van der Waals surface area contributed by atoms with Gasteiger partial charge in [-0.05, 0) is 102 Å². The Hall–Kier alpha value is -5.43. The second-order valence-corrected chi connectivity index (χ2v) is 18.6. The van der Waals surface area contributed by atoms with E-state index in [1.165, 1.54) is 6.92 Å². The predicted octanol–water partition coefficient (Wildman–Crippen LogP) is 4.02. The van der Waals surface area contributed by atoms with E-state index in [2.05, 4.69) is 39.6 Å². The number of carbonyl (C=O) groups is 5. The van der Waals surface area contributed by atoms with E-state index in [0.717, 1.165) is 28.9 Å². The minimum Gasteiger partial charge on any atom is -0.377 e. The number of aryl methyl sites for hydroxylation is 1. The zero-order chi connectivity index (χ0) is 51.9. The Morgan fingerprint density at radius 2 is 1.27 bits per heavy atom. The standard InChI is InChI=1S/C54H77F2N7O8/c1-8-38(2)50(65)58-47(52(67)62-31-20-27-45(62)36-60(42(6)64)33-29-44-24-15-12-16-25-44)40(4)70-34-17-9-10-18-35-71-41(5)48(59-51(66)39(3)57-7)53(68)63-32-21-28-46(63)37-61(54(69)49(55)56)30-19-26-43-22-13-11-14-23-43/h11-16,22-25,38-41,45-49,51,57,59,66H,8,19-21,26-37H2,1-7H3,(H,58,65)/t38-,39+,40-,41-,45+,46+,47+,48+,51+/m1/s1. The highest BCUT2D eigenvalue weighted by Gasteiger charge is 2.40. The molecule has 2 aliphatic rings. The van der Waals surface area contributed by atoms with E-state index < -0.39 is 60.8 Å². The van der Waals surface area contributed by atoms with E-state index in [1.54, 1.807) is 49.4 Å². The summed E-state index contributed by atoms with van der Waals surface area (Å²) in [6.07, 6.45) is -0.927. The zero-order valence-corrected chi connectivity index (χ0v) is 42.7. The van der Waals surface area contributed by atoms with Crippen molar-refractivity contribution in [2.45, 2.75) is 148 Å². The highest BCUT2D eigenvalue weighted by atomic mass is 19.3. The zero-order valence-electron chi connectivity index (χ0n) is 42.7. The summed E-state index contributed by atoms with van der Waals surface area (Å²) in [6, 6.07) is 16.3. The van der Waals surface area contributed by atoms with Crippen LogP contribution in [0.5, 0.6) is 0 Å². The third-order valence-corrected chi connectivity index (χ3v) is 13.6. The van der Waals surface area contributed by atoms with Gasteiger partial charge in [-0.3, -0.25) is 29.3 Å². The molecule has 15 nitrogen and oxygen atoms in total. The first kappa shape index (κ1) is 58.1. The lowest BCUT2D eigenvalue weighted by atomic mass is 10.1. The van der Waals surface area contributed by atoms with Gasteiger partial charge < -0.3 is 44.8 Å². The van der Waals surface area contributed by atoms with Crippen molar-refractivity contribution < 1.29 is 47.3 Å². The Morgan fingerprint density at radius 3 is 1.77 bits per heavy atom. The topological polar surface area (TPSA) is 173 Å². The van der Waals surface area contributed by atoms with E-state index in [0.29, 0.717) is 64.7 Å². The van der Waals surface area contributed by atoms with Crippen LogP contribution >= 0.6 is 0 Å². The molecule has 0 aliphatic carbocycles. The van der Waals surface area contributed by atoms with E-state index in [9.17, 15) is 37.9 Å². The Morgan fingerprint density at radius 1 is 0.761 bits per heavy atom. The van der Waals surface area contributed by atoms with Crippen molar-refractivity contribution >= 4 is 29.5 Å². The number of likely N-dealkylation sites (tertiary alicyclic amines) is 2. The van der Waals surface area contributed by atoms with Gasteiger partial charge >= 0.3 is 6.43 Å². The smallest absolute Gasteiger partial charge is 0.315 e. The summed E-state index contributed by atoms with van der Waals surface area (Å²) >= 11 is 0. The molecule has 0 unspecified atom stereocenters. The van der Waals surface area contributed by atoms with Gasteiger partial charge in [-0.15, -0.1) is 0 Å². The molecule has 0 saturated carbocycles. The molecule has 2 saturated heterocycles. The summed E-state index contributed by atoms with van der Waals surface area (Å²) in [6.45, 7) is 11.9. The van der Waals surface area contributed by atoms with Gasteiger partial charge in [0.25, 0.3) is 5.91 Å². The molecule has 2 fully saturated rings. The van der Waals surface area contributed by atoms with Crippen molar-refractivity contribution in [2.75, 3.05) is 59.5 Å². The van der Waals surface area contributed by atoms with Crippen molar-refractivity contribution in [3.05, 3.63) is 71.8 Å². The molecule has 0 spiro atoms. The number of rotatable bonds is 27. The van der Waals surface area contributed by atoms with Gasteiger partial charge in [0.1, 0.15) is 31.5 Å². The summed E-state index contributed by atoms with van der Waals surface area (Å²) in [5.41, 5.74) is 2.15. The number of ether oxygens (including phenoxy) is 2. The van der Waals surface area contributed by atoms with Gasteiger partial charge in [-0.1, -0.05) is 86.4 Å². The minimum absolute atomic E-state index is 0.0483.